The minimum atomic E-state index is 0.0370. The number of ether oxygens (including phenoxy) is 1. The first-order valence-electron chi connectivity index (χ1n) is 4.27. The molecule has 0 saturated carbocycles. The van der Waals surface area contributed by atoms with Crippen molar-refractivity contribution in [2.75, 3.05) is 0 Å². The molecule has 0 aromatic rings. The third kappa shape index (κ3) is 2.10. The van der Waals surface area contributed by atoms with Gasteiger partial charge in [-0.3, -0.25) is 4.79 Å². The van der Waals surface area contributed by atoms with E-state index in [-0.39, 0.29) is 17.3 Å². The molecule has 68 valence electrons. The van der Waals surface area contributed by atoms with Gasteiger partial charge in [-0.2, -0.15) is 0 Å². The zero-order chi connectivity index (χ0) is 9.35. The molecule has 1 atom stereocenters. The van der Waals surface area contributed by atoms with Crippen LogP contribution in [0.5, 0.6) is 0 Å². The van der Waals surface area contributed by atoms with Crippen molar-refractivity contribution >= 4 is 5.78 Å². The molecule has 0 aromatic heterocycles. The second-order valence-electron chi connectivity index (χ2n) is 4.40. The van der Waals surface area contributed by atoms with Crippen molar-refractivity contribution in [3.63, 3.8) is 0 Å². The number of hydrogen-bond donors (Lipinski definition) is 0. The fourth-order valence-electron chi connectivity index (χ4n) is 1.25. The minimum Gasteiger partial charge on any atom is -0.494 e. The molecule has 12 heavy (non-hydrogen) atoms. The Balaban J connectivity index is 2.74. The maximum Gasteiger partial charge on any atom is 0.162 e. The molecule has 2 nitrogen and oxygen atoms in total. The molecule has 0 aliphatic carbocycles. The van der Waals surface area contributed by atoms with E-state index in [9.17, 15) is 4.79 Å². The van der Waals surface area contributed by atoms with Crippen molar-refractivity contribution in [3.05, 3.63) is 11.8 Å². The van der Waals surface area contributed by atoms with Gasteiger partial charge in [0.05, 0.1) is 5.76 Å². The molecule has 1 heterocycles. The van der Waals surface area contributed by atoms with Crippen LogP contribution in [0.15, 0.2) is 11.8 Å². The van der Waals surface area contributed by atoms with E-state index in [4.69, 9.17) is 4.74 Å². The normalized spacial score (nSPS) is 24.8. The summed E-state index contributed by atoms with van der Waals surface area (Å²) < 4.78 is 5.56. The molecule has 0 radical (unpaired) electrons. The Labute approximate surface area is 73.6 Å². The molecule has 1 rings (SSSR count). The van der Waals surface area contributed by atoms with Crippen molar-refractivity contribution in [3.8, 4) is 0 Å². The maximum absolute atomic E-state index is 11.2. The largest absolute Gasteiger partial charge is 0.494 e. The molecule has 1 aliphatic rings. The predicted molar refractivity (Wildman–Crippen MR) is 47.7 cm³/mol. The third-order valence-electron chi connectivity index (χ3n) is 2.04. The monoisotopic (exact) mass is 168 g/mol. The van der Waals surface area contributed by atoms with Crippen molar-refractivity contribution < 1.29 is 9.53 Å². The second kappa shape index (κ2) is 2.92. The summed E-state index contributed by atoms with van der Waals surface area (Å²) in [5, 5.41) is 0. The van der Waals surface area contributed by atoms with E-state index in [0.717, 1.165) is 5.76 Å². The molecule has 0 amide bonds. The lowest BCUT2D eigenvalue weighted by molar-refractivity contribution is -0.121. The summed E-state index contributed by atoms with van der Waals surface area (Å²) in [6.07, 6.45) is 2.12. The topological polar surface area (TPSA) is 26.3 Å². The van der Waals surface area contributed by atoms with Crippen LogP contribution < -0.4 is 0 Å². The van der Waals surface area contributed by atoms with Gasteiger partial charge in [0.15, 0.2) is 5.78 Å². The van der Waals surface area contributed by atoms with E-state index < -0.39 is 0 Å². The lowest BCUT2D eigenvalue weighted by atomic mass is 9.85. The van der Waals surface area contributed by atoms with E-state index in [2.05, 4.69) is 20.8 Å². The first-order chi connectivity index (χ1) is 5.39. The summed E-state index contributed by atoms with van der Waals surface area (Å²) in [5.74, 6) is 0.921. The number of rotatable bonds is 0. The summed E-state index contributed by atoms with van der Waals surface area (Å²) in [7, 11) is 0. The predicted octanol–water partition coefficient (Wildman–Crippen LogP) is 2.29. The van der Waals surface area contributed by atoms with Crippen molar-refractivity contribution in [1.82, 2.24) is 0 Å². The number of allylic oxidation sites excluding steroid dienone is 2. The highest BCUT2D eigenvalue weighted by Gasteiger charge is 2.30. The number of carbonyl (C=O) groups excluding carboxylic acids is 1. The maximum atomic E-state index is 11.2. The molecule has 0 spiro atoms. The van der Waals surface area contributed by atoms with Gasteiger partial charge in [-0.15, -0.1) is 0 Å². The Morgan fingerprint density at radius 1 is 1.50 bits per heavy atom. The Morgan fingerprint density at radius 3 is 2.50 bits per heavy atom. The van der Waals surface area contributed by atoms with Crippen LogP contribution in [-0.4, -0.2) is 11.9 Å². The molecule has 2 heteroatoms. The Kier molecular flexibility index (Phi) is 2.27. The molecule has 0 bridgehead atoms. The molecule has 0 N–H and O–H groups in total. The van der Waals surface area contributed by atoms with Crippen LogP contribution in [0, 0.1) is 5.41 Å². The summed E-state index contributed by atoms with van der Waals surface area (Å²) >= 11 is 0. The molecule has 0 aromatic carbocycles. The highest BCUT2D eigenvalue weighted by atomic mass is 16.5. The van der Waals surface area contributed by atoms with Gasteiger partial charge in [0.25, 0.3) is 0 Å². The minimum absolute atomic E-state index is 0.0370. The Morgan fingerprint density at radius 2 is 2.08 bits per heavy atom. The Hall–Kier alpha value is -0.790. The van der Waals surface area contributed by atoms with Crippen LogP contribution >= 0.6 is 0 Å². The van der Waals surface area contributed by atoms with Crippen molar-refractivity contribution in [1.29, 1.82) is 0 Å². The van der Waals surface area contributed by atoms with Gasteiger partial charge < -0.3 is 4.74 Å². The van der Waals surface area contributed by atoms with Crippen LogP contribution in [0.3, 0.4) is 0 Å². The lowest BCUT2D eigenvalue weighted by Gasteiger charge is -2.33. The standard InChI is InChI=1S/C10H16O2/c1-7-5-8(11)6-9(12-7)10(2,3)4/h5,9H,6H2,1-4H3. The first-order valence-corrected chi connectivity index (χ1v) is 4.27. The van der Waals surface area contributed by atoms with Crippen LogP contribution in [0.4, 0.5) is 0 Å². The number of ketones is 1. The fourth-order valence-corrected chi connectivity index (χ4v) is 1.25. The zero-order valence-corrected chi connectivity index (χ0v) is 8.18. The molecule has 0 saturated heterocycles. The fraction of sp³-hybridized carbons (Fsp3) is 0.700. The number of hydrogen-bond acceptors (Lipinski definition) is 2. The van der Waals surface area contributed by atoms with Crippen LogP contribution in [0.2, 0.25) is 0 Å². The Bertz CT molecular complexity index is 220. The third-order valence-corrected chi connectivity index (χ3v) is 2.04. The summed E-state index contributed by atoms with van der Waals surface area (Å²) in [6.45, 7) is 8.09. The molecule has 1 aliphatic heterocycles. The van der Waals surface area contributed by atoms with Gasteiger partial charge in [-0.1, -0.05) is 20.8 Å². The van der Waals surface area contributed by atoms with Gasteiger partial charge >= 0.3 is 0 Å². The first kappa shape index (κ1) is 9.30. The molecular formula is C10H16O2. The van der Waals surface area contributed by atoms with E-state index in [1.807, 2.05) is 6.92 Å². The lowest BCUT2D eigenvalue weighted by Crippen LogP contribution is -2.33. The van der Waals surface area contributed by atoms with E-state index in [0.29, 0.717) is 6.42 Å². The van der Waals surface area contributed by atoms with E-state index >= 15 is 0 Å². The SMILES string of the molecule is CC1=CC(=O)CC(C(C)(C)C)O1. The quantitative estimate of drug-likeness (QED) is 0.554. The molecule has 0 fully saturated rings. The smallest absolute Gasteiger partial charge is 0.162 e. The molecule has 1 unspecified atom stereocenters. The van der Waals surface area contributed by atoms with Crippen molar-refractivity contribution in [2.45, 2.75) is 40.2 Å². The van der Waals surface area contributed by atoms with Crippen LogP contribution in [0.25, 0.3) is 0 Å². The summed E-state index contributed by atoms with van der Waals surface area (Å²) in [6, 6.07) is 0. The van der Waals surface area contributed by atoms with Gasteiger partial charge in [0, 0.05) is 12.5 Å². The van der Waals surface area contributed by atoms with Gasteiger partial charge in [0.2, 0.25) is 0 Å². The average molecular weight is 168 g/mol. The van der Waals surface area contributed by atoms with Crippen LogP contribution in [0.1, 0.15) is 34.1 Å². The van der Waals surface area contributed by atoms with Gasteiger partial charge in [-0.05, 0) is 12.3 Å². The highest BCUT2D eigenvalue weighted by Crippen LogP contribution is 2.29. The zero-order valence-electron chi connectivity index (χ0n) is 8.18. The number of carbonyl (C=O) groups is 1. The summed E-state index contributed by atoms with van der Waals surface area (Å²) in [4.78, 5) is 11.2. The summed E-state index contributed by atoms with van der Waals surface area (Å²) in [5.41, 5.74) is 0.0468. The van der Waals surface area contributed by atoms with Gasteiger partial charge in [-0.25, -0.2) is 0 Å². The van der Waals surface area contributed by atoms with E-state index in [1.54, 1.807) is 6.08 Å². The highest BCUT2D eigenvalue weighted by molar-refractivity contribution is 5.91. The second-order valence-corrected chi connectivity index (χ2v) is 4.40. The molecular weight excluding hydrogens is 152 g/mol. The van der Waals surface area contributed by atoms with E-state index in [1.165, 1.54) is 0 Å². The van der Waals surface area contributed by atoms with Gasteiger partial charge in [0.1, 0.15) is 6.10 Å². The van der Waals surface area contributed by atoms with Crippen LogP contribution in [-0.2, 0) is 9.53 Å². The average Bonchev–Trinajstić information content (AvgIpc) is 1.82. The van der Waals surface area contributed by atoms with Crippen molar-refractivity contribution in [2.24, 2.45) is 5.41 Å².